The first-order chi connectivity index (χ1) is 9.72. The average Bonchev–Trinajstić information content (AvgIpc) is 2.47. The van der Waals surface area contributed by atoms with E-state index in [0.717, 1.165) is 25.8 Å². The topological polar surface area (TPSA) is 41.1 Å². The summed E-state index contributed by atoms with van der Waals surface area (Å²) in [4.78, 5) is 12.1. The molecule has 0 aromatic rings. The van der Waals surface area contributed by atoms with Gasteiger partial charge < -0.3 is 10.6 Å². The van der Waals surface area contributed by atoms with Crippen LogP contribution in [0.2, 0.25) is 0 Å². The lowest BCUT2D eigenvalue weighted by Crippen LogP contribution is -2.48. The molecule has 0 bridgehead atoms. The van der Waals surface area contributed by atoms with E-state index in [1.165, 1.54) is 44.3 Å². The van der Waals surface area contributed by atoms with Crippen LogP contribution < -0.4 is 10.6 Å². The van der Waals surface area contributed by atoms with Crippen LogP contribution in [0.15, 0.2) is 0 Å². The lowest BCUT2D eigenvalue weighted by atomic mass is 9.79. The molecule has 0 spiro atoms. The third kappa shape index (κ3) is 6.98. The fourth-order valence-corrected chi connectivity index (χ4v) is 3.56. The summed E-state index contributed by atoms with van der Waals surface area (Å²) in [5.41, 5.74) is 0.0701. The average molecular weight is 301 g/mol. The number of carbonyl (C=O) groups is 1. The molecule has 1 aliphatic rings. The van der Waals surface area contributed by atoms with Crippen molar-refractivity contribution in [2.24, 2.45) is 0 Å². The van der Waals surface area contributed by atoms with Crippen molar-refractivity contribution in [3.63, 3.8) is 0 Å². The van der Waals surface area contributed by atoms with E-state index < -0.39 is 0 Å². The van der Waals surface area contributed by atoms with Gasteiger partial charge in [-0.05, 0) is 44.7 Å². The van der Waals surface area contributed by atoms with Crippen molar-refractivity contribution in [2.75, 3.05) is 25.6 Å². The Kier molecular flexibility index (Phi) is 9.36. The Labute approximate surface area is 129 Å². The van der Waals surface area contributed by atoms with E-state index in [1.54, 1.807) is 0 Å². The fraction of sp³-hybridized carbons (Fsp3) is 0.938. The summed E-state index contributed by atoms with van der Waals surface area (Å²) in [7, 11) is 2.00. The Balaban J connectivity index is 2.10. The molecule has 118 valence electrons. The minimum absolute atomic E-state index is 0.0701. The number of rotatable bonds is 10. The molecule has 0 atom stereocenters. The van der Waals surface area contributed by atoms with Crippen molar-refractivity contribution in [1.29, 1.82) is 0 Å². The molecule has 0 aromatic carbocycles. The Morgan fingerprint density at radius 3 is 2.45 bits per heavy atom. The highest BCUT2D eigenvalue weighted by atomic mass is 32.2. The molecule has 1 amide bonds. The zero-order valence-electron chi connectivity index (χ0n) is 13.3. The Bertz CT molecular complexity index is 265. The molecular weight excluding hydrogens is 268 g/mol. The van der Waals surface area contributed by atoms with Gasteiger partial charge in [0.15, 0.2) is 0 Å². The normalized spacial score (nSPS) is 17.9. The smallest absolute Gasteiger partial charge is 0.221 e. The lowest BCUT2D eigenvalue weighted by Gasteiger charge is -2.36. The molecule has 1 fully saturated rings. The molecule has 0 aromatic heterocycles. The van der Waals surface area contributed by atoms with Gasteiger partial charge in [0.05, 0.1) is 0 Å². The number of amides is 1. The molecule has 0 radical (unpaired) electrons. The first kappa shape index (κ1) is 17.8. The molecule has 4 heteroatoms. The van der Waals surface area contributed by atoms with Crippen molar-refractivity contribution >= 4 is 17.7 Å². The van der Waals surface area contributed by atoms with Crippen LogP contribution in [0.4, 0.5) is 0 Å². The summed E-state index contributed by atoms with van der Waals surface area (Å²) in [6.45, 7) is 0.845. The molecule has 0 heterocycles. The van der Waals surface area contributed by atoms with Crippen molar-refractivity contribution in [2.45, 2.75) is 69.7 Å². The summed E-state index contributed by atoms with van der Waals surface area (Å²) in [5.74, 6) is 1.49. The van der Waals surface area contributed by atoms with E-state index in [-0.39, 0.29) is 11.4 Å². The fourth-order valence-electron chi connectivity index (χ4n) is 3.07. The largest absolute Gasteiger partial charge is 0.356 e. The predicted octanol–water partition coefficient (Wildman–Crippen LogP) is 3.34. The summed E-state index contributed by atoms with van der Waals surface area (Å²) in [6.07, 6.45) is 13.9. The highest BCUT2D eigenvalue weighted by Gasteiger charge is 2.32. The summed E-state index contributed by atoms with van der Waals surface area (Å²) in [6, 6.07) is 0. The van der Waals surface area contributed by atoms with Gasteiger partial charge in [0.2, 0.25) is 5.91 Å². The second kappa shape index (κ2) is 10.5. The second-order valence-corrected chi connectivity index (χ2v) is 7.01. The summed E-state index contributed by atoms with van der Waals surface area (Å²) in [5, 5.41) is 6.51. The first-order valence-corrected chi connectivity index (χ1v) is 9.56. The van der Waals surface area contributed by atoms with Gasteiger partial charge in [0.1, 0.15) is 0 Å². The van der Waals surface area contributed by atoms with E-state index in [2.05, 4.69) is 16.9 Å². The minimum atomic E-state index is 0.0701. The number of hydrogen-bond acceptors (Lipinski definition) is 3. The Hall–Kier alpha value is -0.220. The highest BCUT2D eigenvalue weighted by molar-refractivity contribution is 7.98. The maximum atomic E-state index is 12.1. The van der Waals surface area contributed by atoms with E-state index in [9.17, 15) is 4.79 Å². The molecule has 1 rings (SSSR count). The number of hydrogen-bond donors (Lipinski definition) is 2. The van der Waals surface area contributed by atoms with Crippen molar-refractivity contribution in [3.8, 4) is 0 Å². The van der Waals surface area contributed by atoms with E-state index in [0.29, 0.717) is 6.42 Å². The molecule has 20 heavy (non-hydrogen) atoms. The van der Waals surface area contributed by atoms with Gasteiger partial charge >= 0.3 is 0 Å². The predicted molar refractivity (Wildman–Crippen MR) is 89.4 cm³/mol. The number of nitrogens with one attached hydrogen (secondary N) is 2. The molecule has 1 saturated carbocycles. The van der Waals surface area contributed by atoms with Gasteiger partial charge in [-0.2, -0.15) is 11.8 Å². The van der Waals surface area contributed by atoms with Crippen LogP contribution in [-0.4, -0.2) is 37.0 Å². The van der Waals surface area contributed by atoms with Gasteiger partial charge in [-0.25, -0.2) is 0 Å². The van der Waals surface area contributed by atoms with Gasteiger partial charge in [-0.3, -0.25) is 4.79 Å². The first-order valence-electron chi connectivity index (χ1n) is 8.17. The summed E-state index contributed by atoms with van der Waals surface area (Å²) < 4.78 is 0. The van der Waals surface area contributed by atoms with E-state index >= 15 is 0 Å². The molecule has 0 unspecified atom stereocenters. The zero-order chi connectivity index (χ0) is 14.7. The van der Waals surface area contributed by atoms with Crippen LogP contribution in [0.3, 0.4) is 0 Å². The Morgan fingerprint density at radius 1 is 1.10 bits per heavy atom. The molecular formula is C16H32N2OS. The van der Waals surface area contributed by atoms with Crippen LogP contribution in [-0.2, 0) is 4.79 Å². The molecule has 0 aliphatic heterocycles. The summed E-state index contributed by atoms with van der Waals surface area (Å²) >= 11 is 1.92. The van der Waals surface area contributed by atoms with Gasteiger partial charge in [-0.1, -0.05) is 32.1 Å². The van der Waals surface area contributed by atoms with Crippen molar-refractivity contribution in [1.82, 2.24) is 10.6 Å². The van der Waals surface area contributed by atoms with Crippen molar-refractivity contribution < 1.29 is 4.79 Å². The number of thioether (sulfide) groups is 1. The Morgan fingerprint density at radius 2 is 1.80 bits per heavy atom. The SMILES string of the molecule is CNC1(CC(=O)NCCCCCCSC)CCCCC1. The van der Waals surface area contributed by atoms with E-state index in [4.69, 9.17) is 0 Å². The third-order valence-electron chi connectivity index (χ3n) is 4.44. The van der Waals surface area contributed by atoms with Crippen LogP contribution in [0, 0.1) is 0 Å². The molecule has 1 aliphatic carbocycles. The van der Waals surface area contributed by atoms with Crippen LogP contribution >= 0.6 is 11.8 Å². The minimum Gasteiger partial charge on any atom is -0.356 e. The van der Waals surface area contributed by atoms with Gasteiger partial charge in [0.25, 0.3) is 0 Å². The highest BCUT2D eigenvalue weighted by Crippen LogP contribution is 2.30. The van der Waals surface area contributed by atoms with Crippen LogP contribution in [0.5, 0.6) is 0 Å². The van der Waals surface area contributed by atoms with Gasteiger partial charge in [-0.15, -0.1) is 0 Å². The molecule has 3 nitrogen and oxygen atoms in total. The maximum Gasteiger partial charge on any atom is 0.221 e. The quantitative estimate of drug-likeness (QED) is 0.608. The van der Waals surface area contributed by atoms with Crippen LogP contribution in [0.25, 0.3) is 0 Å². The van der Waals surface area contributed by atoms with Crippen molar-refractivity contribution in [3.05, 3.63) is 0 Å². The van der Waals surface area contributed by atoms with E-state index in [1.807, 2.05) is 18.8 Å². The van der Waals surface area contributed by atoms with Crippen LogP contribution in [0.1, 0.15) is 64.2 Å². The maximum absolute atomic E-state index is 12.1. The standard InChI is InChI=1S/C16H32N2OS/c1-17-16(10-6-5-7-11-16)14-15(19)18-12-8-3-4-9-13-20-2/h17H,3-14H2,1-2H3,(H,18,19). The number of carbonyl (C=O) groups excluding carboxylic acids is 1. The second-order valence-electron chi connectivity index (χ2n) is 6.02. The lowest BCUT2D eigenvalue weighted by molar-refractivity contribution is -0.122. The molecule has 0 saturated heterocycles. The van der Waals surface area contributed by atoms with Gasteiger partial charge in [0, 0.05) is 18.5 Å². The zero-order valence-corrected chi connectivity index (χ0v) is 14.1. The number of unbranched alkanes of at least 4 members (excludes halogenated alkanes) is 3. The monoisotopic (exact) mass is 300 g/mol. The molecule has 2 N–H and O–H groups in total. The third-order valence-corrected chi connectivity index (χ3v) is 5.13.